The third-order valence-corrected chi connectivity index (χ3v) is 9.96. The lowest BCUT2D eigenvalue weighted by molar-refractivity contribution is 0.0982. The molecule has 0 unspecified atom stereocenters. The number of nitrogens with two attached hydrogens (primary N) is 2. The van der Waals surface area contributed by atoms with E-state index in [1.807, 2.05) is 55.5 Å². The number of rotatable bonds is 12. The molecule has 15 heteroatoms. The molecule has 6 aromatic rings. The molecule has 0 spiro atoms. The molecule has 0 aliphatic heterocycles. The Hall–Kier alpha value is -5.64. The van der Waals surface area contributed by atoms with Gasteiger partial charge < -0.3 is 26.4 Å². The minimum absolute atomic E-state index is 0.190. The molecule has 0 aliphatic carbocycles. The zero-order valence-corrected chi connectivity index (χ0v) is 31.5. The number of phenolic OH excluding ortho intramolecular Hbond substituents is 1. The van der Waals surface area contributed by atoms with Crippen molar-refractivity contribution in [3.05, 3.63) is 140 Å². The van der Waals surface area contributed by atoms with Gasteiger partial charge in [0.05, 0.1) is 18.0 Å². The maximum Gasteiger partial charge on any atom is 0.254 e. The van der Waals surface area contributed by atoms with E-state index in [1.54, 1.807) is 22.7 Å². The van der Waals surface area contributed by atoms with Crippen LogP contribution in [0.2, 0.25) is 0 Å². The van der Waals surface area contributed by atoms with Crippen LogP contribution in [-0.2, 0) is 12.8 Å². The van der Waals surface area contributed by atoms with Crippen LogP contribution in [0.1, 0.15) is 54.7 Å². The number of thiazole rings is 2. The monoisotopic (exact) mass is 794 g/mol. The number of carbonyl (C=O) groups excluding carboxylic acids is 2. The molecule has 0 fully saturated rings. The number of ether oxygens (including phenoxy) is 1. The van der Waals surface area contributed by atoms with Gasteiger partial charge in [-0.2, -0.15) is 0 Å². The lowest BCUT2D eigenvalue weighted by Crippen LogP contribution is -2.16. The molecule has 0 saturated carbocycles. The van der Waals surface area contributed by atoms with Gasteiger partial charge in [0.25, 0.3) is 11.8 Å². The van der Waals surface area contributed by atoms with Gasteiger partial charge in [-0.1, -0.05) is 60.7 Å². The van der Waals surface area contributed by atoms with Gasteiger partial charge >= 0.3 is 0 Å². The van der Waals surface area contributed by atoms with Crippen LogP contribution in [-0.4, -0.2) is 45.2 Å². The highest BCUT2D eigenvalue weighted by molar-refractivity contribution is 7.15. The van der Waals surface area contributed by atoms with E-state index >= 15 is 0 Å². The highest BCUT2D eigenvalue weighted by Crippen LogP contribution is 2.30. The van der Waals surface area contributed by atoms with Crippen molar-refractivity contribution in [3.63, 3.8) is 0 Å². The van der Waals surface area contributed by atoms with Crippen molar-refractivity contribution >= 4 is 34.5 Å². The molecule has 2 amide bonds. The molecule has 55 heavy (non-hydrogen) atoms. The number of halogens is 4. The second-order valence-electron chi connectivity index (χ2n) is 11.8. The first-order chi connectivity index (χ1) is 26.3. The quantitative estimate of drug-likeness (QED) is 0.0716. The molecular formula is C40H38F4N4O5S2. The van der Waals surface area contributed by atoms with Gasteiger partial charge in [-0.15, -0.1) is 22.7 Å². The molecule has 4 aromatic carbocycles. The fourth-order valence-corrected chi connectivity index (χ4v) is 6.97. The Labute approximate surface area is 322 Å². The predicted molar refractivity (Wildman–Crippen MR) is 205 cm³/mol. The highest BCUT2D eigenvalue weighted by Gasteiger charge is 2.20. The molecule has 0 bridgehead atoms. The number of carbonyl (C=O) groups is 2. The van der Waals surface area contributed by atoms with Crippen molar-refractivity contribution in [2.75, 3.05) is 13.2 Å². The largest absolute Gasteiger partial charge is 0.505 e. The molecular weight excluding hydrogens is 757 g/mol. The summed E-state index contributed by atoms with van der Waals surface area (Å²) >= 11 is 3.35. The fourth-order valence-electron chi connectivity index (χ4n) is 5.03. The smallest absolute Gasteiger partial charge is 0.254 e. The van der Waals surface area contributed by atoms with E-state index in [0.717, 1.165) is 69.0 Å². The Balaban J connectivity index is 0.000000203. The van der Waals surface area contributed by atoms with Gasteiger partial charge in [-0.3, -0.25) is 9.59 Å². The molecule has 0 saturated heterocycles. The number of hydrogen-bond donors (Lipinski definition) is 4. The number of benzene rings is 4. The zero-order valence-electron chi connectivity index (χ0n) is 29.8. The first-order valence-electron chi connectivity index (χ1n) is 16.8. The van der Waals surface area contributed by atoms with E-state index in [9.17, 15) is 27.2 Å². The second-order valence-corrected chi connectivity index (χ2v) is 14.2. The summed E-state index contributed by atoms with van der Waals surface area (Å²) in [4.78, 5) is 33.2. The summed E-state index contributed by atoms with van der Waals surface area (Å²) in [5, 5.41) is 19.6. The van der Waals surface area contributed by atoms with Gasteiger partial charge in [-0.05, 0) is 63.8 Å². The summed E-state index contributed by atoms with van der Waals surface area (Å²) < 4.78 is 58.3. The first kappa shape index (κ1) is 42.1. The number of aliphatic hydroxyl groups is 1. The molecule has 6 N–H and O–H groups in total. The molecule has 2 aromatic heterocycles. The number of amides is 2. The average Bonchev–Trinajstić information content (AvgIpc) is 3.73. The van der Waals surface area contributed by atoms with E-state index in [0.29, 0.717) is 12.8 Å². The van der Waals surface area contributed by atoms with Crippen LogP contribution in [0, 0.1) is 37.1 Å². The summed E-state index contributed by atoms with van der Waals surface area (Å²) in [6, 6.07) is 23.8. The van der Waals surface area contributed by atoms with Crippen molar-refractivity contribution in [3.8, 4) is 32.6 Å². The van der Waals surface area contributed by atoms with Gasteiger partial charge in [-0.25, -0.2) is 27.5 Å². The molecule has 288 valence electrons. The van der Waals surface area contributed by atoms with Crippen LogP contribution in [0.25, 0.3) is 21.1 Å². The minimum Gasteiger partial charge on any atom is -0.505 e. The lowest BCUT2D eigenvalue weighted by Gasteiger charge is -2.09. The normalized spacial score (nSPS) is 10.5. The Kier molecular flexibility index (Phi) is 15.4. The number of aliphatic hydroxyl groups excluding tert-OH is 1. The molecule has 6 rings (SSSR count). The second kappa shape index (κ2) is 20.2. The average molecular weight is 795 g/mol. The number of aryl methyl sites for hydroxylation is 4. The van der Waals surface area contributed by atoms with E-state index in [-0.39, 0.29) is 19.0 Å². The predicted octanol–water partition coefficient (Wildman–Crippen LogP) is 8.32. The third-order valence-electron chi connectivity index (χ3n) is 7.83. The molecule has 9 nitrogen and oxygen atoms in total. The number of hydrogen-bond acceptors (Lipinski definition) is 9. The Morgan fingerprint density at radius 2 is 1.13 bits per heavy atom. The Morgan fingerprint density at radius 1 is 0.673 bits per heavy atom. The topological polar surface area (TPSA) is 162 Å². The van der Waals surface area contributed by atoms with Crippen LogP contribution in [0.4, 0.5) is 17.6 Å². The SMILES string of the molecule is Cc1sc(-c2ccccc2)nc1CCCO.Cc1sc(-c2ccccc2)nc1CCCOc1ccc(F)c(C(N)=O)c1F.NC(=O)c1c(F)ccc(O)c1F. The van der Waals surface area contributed by atoms with Gasteiger partial charge in [0.15, 0.2) is 23.1 Å². The van der Waals surface area contributed by atoms with E-state index in [4.69, 9.17) is 20.7 Å². The van der Waals surface area contributed by atoms with E-state index < -0.39 is 52.0 Å². The molecule has 0 radical (unpaired) electrons. The number of phenols is 1. The van der Waals surface area contributed by atoms with Crippen LogP contribution in [0.15, 0.2) is 84.9 Å². The molecule has 2 heterocycles. The summed E-state index contributed by atoms with van der Waals surface area (Å²) in [6.07, 6.45) is 2.92. The Morgan fingerprint density at radius 3 is 1.58 bits per heavy atom. The van der Waals surface area contributed by atoms with Crippen molar-refractivity contribution < 1.29 is 42.1 Å². The van der Waals surface area contributed by atoms with Crippen molar-refractivity contribution in [1.29, 1.82) is 0 Å². The number of nitrogens with zero attached hydrogens (tertiary/aromatic N) is 2. The lowest BCUT2D eigenvalue weighted by atomic mass is 10.1. The summed E-state index contributed by atoms with van der Waals surface area (Å²) in [6.45, 7) is 4.55. The fraction of sp³-hybridized carbons (Fsp3) is 0.200. The van der Waals surface area contributed by atoms with Crippen molar-refractivity contribution in [2.45, 2.75) is 39.5 Å². The third kappa shape index (κ3) is 11.4. The number of aromatic nitrogens is 2. The minimum atomic E-state index is -1.33. The number of aromatic hydroxyl groups is 1. The van der Waals surface area contributed by atoms with Gasteiger partial charge in [0.2, 0.25) is 0 Å². The van der Waals surface area contributed by atoms with Gasteiger partial charge in [0.1, 0.15) is 32.8 Å². The molecule has 0 aliphatic rings. The van der Waals surface area contributed by atoms with Crippen LogP contribution in [0.3, 0.4) is 0 Å². The summed E-state index contributed by atoms with van der Waals surface area (Å²) in [5.74, 6) is -7.89. The summed E-state index contributed by atoms with van der Waals surface area (Å²) in [5.41, 5.74) is 12.3. The standard InChI is InChI=1S/C20H18F2N2O2S.C13H15NOS.C7H5F2NO2/c1-12-15(24-20(27-12)13-6-3-2-4-7-13)8-5-11-26-16-10-9-14(21)17(18(16)22)19(23)25;1-10-12(8-5-9-15)14-13(16-10)11-6-3-2-4-7-11;8-3-1-2-4(11)6(9)5(3)7(10)12/h2-4,6-7,9-10H,5,8,11H2,1H3,(H2,23,25);2-4,6-7,15H,5,8-9H2,1H3;1-2,11H,(H2,10,12). The maximum absolute atomic E-state index is 14.1. The van der Waals surface area contributed by atoms with E-state index in [1.165, 1.54) is 10.4 Å². The van der Waals surface area contributed by atoms with Crippen LogP contribution in [0.5, 0.6) is 11.5 Å². The number of primary amides is 2. The van der Waals surface area contributed by atoms with Crippen LogP contribution >= 0.6 is 22.7 Å². The van der Waals surface area contributed by atoms with E-state index in [2.05, 4.69) is 34.8 Å². The van der Waals surface area contributed by atoms with Gasteiger partial charge in [0, 0.05) is 27.5 Å². The Bertz CT molecular complexity index is 2220. The van der Waals surface area contributed by atoms with Crippen molar-refractivity contribution in [1.82, 2.24) is 9.97 Å². The maximum atomic E-state index is 14.1. The molecule has 0 atom stereocenters. The zero-order chi connectivity index (χ0) is 40.1. The highest BCUT2D eigenvalue weighted by atomic mass is 32.1. The van der Waals surface area contributed by atoms with Crippen molar-refractivity contribution in [2.24, 2.45) is 11.5 Å². The first-order valence-corrected chi connectivity index (χ1v) is 18.5. The summed E-state index contributed by atoms with van der Waals surface area (Å²) in [7, 11) is 0. The van der Waals surface area contributed by atoms with Crippen LogP contribution < -0.4 is 16.2 Å².